The highest BCUT2D eigenvalue weighted by molar-refractivity contribution is 5.37. The van der Waals surface area contributed by atoms with Crippen molar-refractivity contribution >= 4 is 0 Å². The van der Waals surface area contributed by atoms with Crippen LogP contribution in [0.2, 0.25) is 0 Å². The number of hydrogen-bond acceptors (Lipinski definition) is 2. The SMILES string of the molecule is COc1ccc([C@H](N)CCF)cc1C. The summed E-state index contributed by atoms with van der Waals surface area (Å²) in [6.45, 7) is 1.57. The average Bonchev–Trinajstić information content (AvgIpc) is 2.18. The Kier molecular flexibility index (Phi) is 3.89. The summed E-state index contributed by atoms with van der Waals surface area (Å²) in [4.78, 5) is 0. The number of benzene rings is 1. The van der Waals surface area contributed by atoms with Gasteiger partial charge in [0, 0.05) is 6.04 Å². The summed E-state index contributed by atoms with van der Waals surface area (Å²) >= 11 is 0. The van der Waals surface area contributed by atoms with Crippen molar-refractivity contribution < 1.29 is 9.13 Å². The highest BCUT2D eigenvalue weighted by Gasteiger charge is 2.07. The van der Waals surface area contributed by atoms with Crippen molar-refractivity contribution in [3.63, 3.8) is 0 Å². The van der Waals surface area contributed by atoms with Crippen molar-refractivity contribution in [3.8, 4) is 5.75 Å². The predicted octanol–water partition coefficient (Wildman–Crippen LogP) is 2.36. The Morgan fingerprint density at radius 3 is 2.71 bits per heavy atom. The van der Waals surface area contributed by atoms with E-state index in [1.807, 2.05) is 25.1 Å². The molecule has 0 heterocycles. The lowest BCUT2D eigenvalue weighted by molar-refractivity contribution is 0.410. The van der Waals surface area contributed by atoms with Crippen LogP contribution in [0.3, 0.4) is 0 Å². The Balaban J connectivity index is 2.85. The summed E-state index contributed by atoms with van der Waals surface area (Å²) < 4.78 is 17.2. The van der Waals surface area contributed by atoms with E-state index in [0.29, 0.717) is 6.42 Å². The zero-order valence-corrected chi connectivity index (χ0v) is 8.59. The molecule has 1 aromatic carbocycles. The molecule has 2 nitrogen and oxygen atoms in total. The molecule has 0 aliphatic carbocycles. The molecule has 0 amide bonds. The molecule has 0 saturated carbocycles. The second-order valence-electron chi connectivity index (χ2n) is 3.31. The van der Waals surface area contributed by atoms with E-state index in [0.717, 1.165) is 16.9 Å². The molecule has 0 radical (unpaired) electrons. The summed E-state index contributed by atoms with van der Waals surface area (Å²) in [7, 11) is 1.63. The number of nitrogens with two attached hydrogens (primary N) is 1. The third kappa shape index (κ3) is 2.45. The molecule has 0 aliphatic rings. The summed E-state index contributed by atoms with van der Waals surface area (Å²) in [5.41, 5.74) is 7.77. The number of hydrogen-bond donors (Lipinski definition) is 1. The maximum Gasteiger partial charge on any atom is 0.121 e. The number of methoxy groups -OCH3 is 1. The monoisotopic (exact) mass is 197 g/mol. The molecule has 2 N–H and O–H groups in total. The number of alkyl halides is 1. The van der Waals surface area contributed by atoms with Gasteiger partial charge in [0.15, 0.2) is 0 Å². The molecule has 0 unspecified atom stereocenters. The minimum Gasteiger partial charge on any atom is -0.496 e. The van der Waals surface area contributed by atoms with Crippen LogP contribution in [-0.4, -0.2) is 13.8 Å². The molecule has 14 heavy (non-hydrogen) atoms. The molecule has 3 heteroatoms. The largest absolute Gasteiger partial charge is 0.496 e. The number of aryl methyl sites for hydroxylation is 1. The maximum atomic E-state index is 12.1. The van der Waals surface area contributed by atoms with Crippen molar-refractivity contribution in [2.24, 2.45) is 5.73 Å². The smallest absolute Gasteiger partial charge is 0.121 e. The van der Waals surface area contributed by atoms with Crippen LogP contribution in [0.25, 0.3) is 0 Å². The topological polar surface area (TPSA) is 35.2 Å². The van der Waals surface area contributed by atoms with E-state index in [2.05, 4.69) is 0 Å². The van der Waals surface area contributed by atoms with Gasteiger partial charge in [0.1, 0.15) is 5.75 Å². The lowest BCUT2D eigenvalue weighted by Crippen LogP contribution is -2.11. The van der Waals surface area contributed by atoms with Crippen molar-refractivity contribution in [2.75, 3.05) is 13.8 Å². The summed E-state index contributed by atoms with van der Waals surface area (Å²) in [6, 6.07) is 5.47. The first-order valence-corrected chi connectivity index (χ1v) is 4.65. The molecular formula is C11H16FNO. The van der Waals surface area contributed by atoms with Gasteiger partial charge in [0.2, 0.25) is 0 Å². The molecule has 0 bridgehead atoms. The van der Waals surface area contributed by atoms with Crippen molar-refractivity contribution in [3.05, 3.63) is 29.3 Å². The van der Waals surface area contributed by atoms with Crippen LogP contribution in [0.4, 0.5) is 4.39 Å². The van der Waals surface area contributed by atoms with E-state index in [9.17, 15) is 4.39 Å². The van der Waals surface area contributed by atoms with Gasteiger partial charge in [-0.05, 0) is 30.5 Å². The fraction of sp³-hybridized carbons (Fsp3) is 0.455. The molecule has 1 aromatic rings. The third-order valence-electron chi connectivity index (χ3n) is 2.27. The van der Waals surface area contributed by atoms with Crippen molar-refractivity contribution in [1.82, 2.24) is 0 Å². The Bertz CT molecular complexity index is 301. The van der Waals surface area contributed by atoms with Crippen molar-refractivity contribution in [1.29, 1.82) is 0 Å². The fourth-order valence-corrected chi connectivity index (χ4v) is 1.42. The first-order chi connectivity index (χ1) is 6.69. The first kappa shape index (κ1) is 11.0. The quantitative estimate of drug-likeness (QED) is 0.804. The van der Waals surface area contributed by atoms with Gasteiger partial charge in [-0.25, -0.2) is 0 Å². The predicted molar refractivity (Wildman–Crippen MR) is 55.3 cm³/mol. The van der Waals surface area contributed by atoms with E-state index in [-0.39, 0.29) is 12.7 Å². The second kappa shape index (κ2) is 4.96. The van der Waals surface area contributed by atoms with E-state index in [1.54, 1.807) is 7.11 Å². The summed E-state index contributed by atoms with van der Waals surface area (Å²) in [5.74, 6) is 0.834. The van der Waals surface area contributed by atoms with Crippen LogP contribution >= 0.6 is 0 Å². The molecule has 0 aromatic heterocycles. The summed E-state index contributed by atoms with van der Waals surface area (Å²) in [5, 5.41) is 0. The van der Waals surface area contributed by atoms with Gasteiger partial charge in [-0.1, -0.05) is 12.1 Å². The fourth-order valence-electron chi connectivity index (χ4n) is 1.42. The van der Waals surface area contributed by atoms with Gasteiger partial charge in [-0.3, -0.25) is 4.39 Å². The number of ether oxygens (including phenoxy) is 1. The van der Waals surface area contributed by atoms with Gasteiger partial charge < -0.3 is 10.5 Å². The van der Waals surface area contributed by atoms with E-state index in [4.69, 9.17) is 10.5 Å². The van der Waals surface area contributed by atoms with Gasteiger partial charge >= 0.3 is 0 Å². The van der Waals surface area contributed by atoms with Crippen LogP contribution < -0.4 is 10.5 Å². The molecular weight excluding hydrogens is 181 g/mol. The number of halogens is 1. The minimum atomic E-state index is -0.383. The molecule has 0 spiro atoms. The van der Waals surface area contributed by atoms with Gasteiger partial charge in [0.25, 0.3) is 0 Å². The highest BCUT2D eigenvalue weighted by atomic mass is 19.1. The van der Waals surface area contributed by atoms with Crippen LogP contribution in [0.15, 0.2) is 18.2 Å². The zero-order valence-electron chi connectivity index (χ0n) is 8.59. The molecule has 78 valence electrons. The van der Waals surface area contributed by atoms with Crippen LogP contribution in [0.1, 0.15) is 23.6 Å². The van der Waals surface area contributed by atoms with E-state index in [1.165, 1.54) is 0 Å². The molecule has 1 atom stereocenters. The van der Waals surface area contributed by atoms with Crippen LogP contribution in [-0.2, 0) is 0 Å². The van der Waals surface area contributed by atoms with Gasteiger partial charge in [-0.15, -0.1) is 0 Å². The third-order valence-corrected chi connectivity index (χ3v) is 2.27. The Hall–Kier alpha value is -1.09. The molecule has 0 saturated heterocycles. The minimum absolute atomic E-state index is 0.218. The Morgan fingerprint density at radius 2 is 2.21 bits per heavy atom. The first-order valence-electron chi connectivity index (χ1n) is 4.65. The van der Waals surface area contributed by atoms with Crippen LogP contribution in [0, 0.1) is 6.92 Å². The maximum absolute atomic E-state index is 12.1. The average molecular weight is 197 g/mol. The molecule has 1 rings (SSSR count). The van der Waals surface area contributed by atoms with Gasteiger partial charge in [-0.2, -0.15) is 0 Å². The molecule has 0 aliphatic heterocycles. The lowest BCUT2D eigenvalue weighted by Gasteiger charge is -2.12. The number of rotatable bonds is 4. The Morgan fingerprint density at radius 1 is 1.50 bits per heavy atom. The van der Waals surface area contributed by atoms with Crippen LogP contribution in [0.5, 0.6) is 5.75 Å². The standard InChI is InChI=1S/C11H16FNO/c1-8-7-9(10(13)5-6-12)3-4-11(8)14-2/h3-4,7,10H,5-6,13H2,1-2H3/t10-/m1/s1. The summed E-state index contributed by atoms with van der Waals surface area (Å²) in [6.07, 6.45) is 0.367. The van der Waals surface area contributed by atoms with E-state index >= 15 is 0 Å². The highest BCUT2D eigenvalue weighted by Crippen LogP contribution is 2.22. The molecule has 0 fully saturated rings. The zero-order chi connectivity index (χ0) is 10.6. The Labute approximate surface area is 83.9 Å². The van der Waals surface area contributed by atoms with Crippen molar-refractivity contribution in [2.45, 2.75) is 19.4 Å². The van der Waals surface area contributed by atoms with E-state index < -0.39 is 0 Å². The lowest BCUT2D eigenvalue weighted by atomic mass is 10.0. The normalized spacial score (nSPS) is 12.6. The van der Waals surface area contributed by atoms with Gasteiger partial charge in [0.05, 0.1) is 13.8 Å². The second-order valence-corrected chi connectivity index (χ2v) is 3.31.